The first-order valence-electron chi connectivity index (χ1n) is 9.17. The number of hydrogen-bond donors (Lipinski definition) is 1. The smallest absolute Gasteiger partial charge is 0.340 e. The number of anilines is 1. The van der Waals surface area contributed by atoms with Crippen molar-refractivity contribution in [2.45, 2.75) is 25.1 Å². The molecule has 2 aliphatic heterocycles. The minimum Gasteiger partial charge on any atom is -0.497 e. The molecule has 29 heavy (non-hydrogen) atoms. The first-order valence-corrected chi connectivity index (χ1v) is 9.17. The molecule has 2 aromatic rings. The van der Waals surface area contributed by atoms with Crippen LogP contribution in [0.4, 0.5) is 5.69 Å². The van der Waals surface area contributed by atoms with Gasteiger partial charge in [-0.25, -0.2) is 4.79 Å². The van der Waals surface area contributed by atoms with Crippen LogP contribution in [0.1, 0.15) is 35.0 Å². The number of methoxy groups -OCH3 is 2. The molecule has 1 fully saturated rings. The number of cyclic esters (lactones) is 1. The highest BCUT2D eigenvalue weighted by molar-refractivity contribution is 6.00. The number of nitrogens with one attached hydrogen (secondary N) is 1. The molecular formula is C21H20N2O6. The van der Waals surface area contributed by atoms with E-state index in [-0.39, 0.29) is 18.2 Å². The predicted octanol–water partition coefficient (Wildman–Crippen LogP) is 2.50. The number of esters is 1. The maximum atomic E-state index is 13.0. The van der Waals surface area contributed by atoms with Gasteiger partial charge in [0.25, 0.3) is 0 Å². The van der Waals surface area contributed by atoms with Gasteiger partial charge in [0, 0.05) is 35.9 Å². The van der Waals surface area contributed by atoms with Crippen LogP contribution < -0.4 is 14.8 Å². The van der Waals surface area contributed by atoms with Crippen molar-refractivity contribution < 1.29 is 28.6 Å². The zero-order valence-electron chi connectivity index (χ0n) is 16.0. The molecule has 8 heteroatoms. The summed E-state index contributed by atoms with van der Waals surface area (Å²) in [7, 11) is 3.03. The number of fused-ring (bicyclic) bond motifs is 1. The van der Waals surface area contributed by atoms with Crippen molar-refractivity contribution in [3.05, 3.63) is 53.6 Å². The van der Waals surface area contributed by atoms with Gasteiger partial charge in [-0.3, -0.25) is 14.5 Å². The molecule has 0 unspecified atom stereocenters. The molecule has 2 amide bonds. The lowest BCUT2D eigenvalue weighted by Crippen LogP contribution is -2.43. The van der Waals surface area contributed by atoms with E-state index in [1.54, 1.807) is 42.5 Å². The fourth-order valence-corrected chi connectivity index (χ4v) is 3.69. The third-order valence-corrected chi connectivity index (χ3v) is 5.10. The van der Waals surface area contributed by atoms with E-state index in [1.807, 2.05) is 0 Å². The summed E-state index contributed by atoms with van der Waals surface area (Å²) in [6.07, 6.45) is -0.359. The van der Waals surface area contributed by atoms with Gasteiger partial charge in [-0.15, -0.1) is 0 Å². The van der Waals surface area contributed by atoms with Crippen molar-refractivity contribution in [2.24, 2.45) is 0 Å². The Hall–Kier alpha value is -3.55. The minimum atomic E-state index is -0.899. The lowest BCUT2D eigenvalue weighted by molar-refractivity contribution is -0.144. The van der Waals surface area contributed by atoms with E-state index in [4.69, 9.17) is 14.2 Å². The maximum absolute atomic E-state index is 13.0. The van der Waals surface area contributed by atoms with Crippen molar-refractivity contribution in [3.8, 4) is 11.5 Å². The standard InChI is InChI=1S/C21H20N2O6/c1-27-13-9-12(10-14(11-13)28-2)22-19(25)17-7-8-18(24)23(17)20-15-5-3-4-6-16(15)21(26)29-20/h3-6,9-11,17,20H,7-8H2,1-2H3,(H,22,25)/t17-,20+/m1/s1. The van der Waals surface area contributed by atoms with Crippen molar-refractivity contribution >= 4 is 23.5 Å². The van der Waals surface area contributed by atoms with Gasteiger partial charge in [0.05, 0.1) is 19.8 Å². The number of rotatable bonds is 5. The van der Waals surface area contributed by atoms with E-state index in [9.17, 15) is 14.4 Å². The molecule has 0 aliphatic carbocycles. The topological polar surface area (TPSA) is 94.2 Å². The number of hydrogen-bond acceptors (Lipinski definition) is 6. The second kappa shape index (κ2) is 7.46. The van der Waals surface area contributed by atoms with Crippen LogP contribution in [0.5, 0.6) is 11.5 Å². The zero-order valence-corrected chi connectivity index (χ0v) is 16.0. The highest BCUT2D eigenvalue weighted by Crippen LogP contribution is 2.38. The monoisotopic (exact) mass is 396 g/mol. The van der Waals surface area contributed by atoms with Crippen molar-refractivity contribution in [2.75, 3.05) is 19.5 Å². The van der Waals surface area contributed by atoms with Gasteiger partial charge >= 0.3 is 5.97 Å². The van der Waals surface area contributed by atoms with Gasteiger partial charge in [0.15, 0.2) is 0 Å². The average molecular weight is 396 g/mol. The average Bonchev–Trinajstić information content (AvgIpc) is 3.27. The lowest BCUT2D eigenvalue weighted by Gasteiger charge is -2.29. The second-order valence-electron chi connectivity index (χ2n) is 6.79. The summed E-state index contributed by atoms with van der Waals surface area (Å²) in [5.74, 6) is -0.0493. The number of likely N-dealkylation sites (tertiary alicyclic amines) is 1. The summed E-state index contributed by atoms with van der Waals surface area (Å²) in [5.41, 5.74) is 1.48. The van der Waals surface area contributed by atoms with Crippen molar-refractivity contribution in [1.82, 2.24) is 4.90 Å². The Kier molecular flexibility index (Phi) is 4.84. The zero-order chi connectivity index (χ0) is 20.5. The summed E-state index contributed by atoms with van der Waals surface area (Å²) >= 11 is 0. The van der Waals surface area contributed by atoms with E-state index < -0.39 is 18.2 Å². The molecule has 0 aromatic heterocycles. The highest BCUT2D eigenvalue weighted by atomic mass is 16.6. The SMILES string of the molecule is COc1cc(NC(=O)[C@H]2CCC(=O)N2[C@H]2OC(=O)c3ccccc32)cc(OC)c1. The third kappa shape index (κ3) is 3.37. The normalized spacial score (nSPS) is 20.3. The Morgan fingerprint density at radius 2 is 1.79 bits per heavy atom. The van der Waals surface area contributed by atoms with Crippen LogP contribution in [0.3, 0.4) is 0 Å². The number of amides is 2. The molecule has 1 saturated heterocycles. The molecule has 0 radical (unpaired) electrons. The largest absolute Gasteiger partial charge is 0.497 e. The summed E-state index contributed by atoms with van der Waals surface area (Å²) in [6.45, 7) is 0. The Bertz CT molecular complexity index is 967. The third-order valence-electron chi connectivity index (χ3n) is 5.10. The highest BCUT2D eigenvalue weighted by Gasteiger charge is 2.46. The van der Waals surface area contributed by atoms with Crippen LogP contribution in [0.15, 0.2) is 42.5 Å². The van der Waals surface area contributed by atoms with Crippen LogP contribution in [0.25, 0.3) is 0 Å². The van der Waals surface area contributed by atoms with Crippen molar-refractivity contribution in [3.63, 3.8) is 0 Å². The number of ether oxygens (including phenoxy) is 3. The molecule has 2 aliphatic rings. The molecule has 150 valence electrons. The number of carbonyl (C=O) groups is 3. The molecule has 4 rings (SSSR count). The van der Waals surface area contributed by atoms with E-state index in [0.29, 0.717) is 34.7 Å². The first kappa shape index (κ1) is 18.8. The summed E-state index contributed by atoms with van der Waals surface area (Å²) in [4.78, 5) is 39.1. The van der Waals surface area contributed by atoms with Gasteiger partial charge in [-0.05, 0) is 12.5 Å². The second-order valence-corrected chi connectivity index (χ2v) is 6.79. The van der Waals surface area contributed by atoms with Gasteiger partial charge in [-0.1, -0.05) is 18.2 Å². The lowest BCUT2D eigenvalue weighted by atomic mass is 10.1. The van der Waals surface area contributed by atoms with Gasteiger partial charge in [-0.2, -0.15) is 0 Å². The Labute approximate surface area is 167 Å². The van der Waals surface area contributed by atoms with Gasteiger partial charge in [0.2, 0.25) is 18.0 Å². The fraction of sp³-hybridized carbons (Fsp3) is 0.286. The van der Waals surface area contributed by atoms with E-state index in [1.165, 1.54) is 19.1 Å². The summed E-state index contributed by atoms with van der Waals surface area (Å²) in [5, 5.41) is 2.81. The molecule has 8 nitrogen and oxygen atoms in total. The van der Waals surface area contributed by atoms with Crippen LogP contribution in [0.2, 0.25) is 0 Å². The van der Waals surface area contributed by atoms with E-state index in [2.05, 4.69) is 5.32 Å². The molecular weight excluding hydrogens is 376 g/mol. The number of nitrogens with zero attached hydrogens (tertiary/aromatic N) is 1. The van der Waals surface area contributed by atoms with Crippen LogP contribution >= 0.6 is 0 Å². The molecule has 0 spiro atoms. The van der Waals surface area contributed by atoms with E-state index >= 15 is 0 Å². The minimum absolute atomic E-state index is 0.204. The van der Waals surface area contributed by atoms with Gasteiger partial charge in [0.1, 0.15) is 17.5 Å². The molecule has 2 aromatic carbocycles. The first-order chi connectivity index (χ1) is 14.0. The molecule has 0 saturated carbocycles. The fourth-order valence-electron chi connectivity index (χ4n) is 3.69. The molecule has 2 atom stereocenters. The van der Waals surface area contributed by atoms with E-state index in [0.717, 1.165) is 0 Å². The maximum Gasteiger partial charge on any atom is 0.340 e. The van der Waals surface area contributed by atoms with Crippen molar-refractivity contribution in [1.29, 1.82) is 0 Å². The molecule has 1 N–H and O–H groups in total. The Morgan fingerprint density at radius 3 is 2.48 bits per heavy atom. The van der Waals surface area contributed by atoms with Crippen LogP contribution in [-0.4, -0.2) is 42.9 Å². The number of benzene rings is 2. The van der Waals surface area contributed by atoms with Crippen LogP contribution in [-0.2, 0) is 14.3 Å². The quantitative estimate of drug-likeness (QED) is 0.781. The summed E-state index contributed by atoms with van der Waals surface area (Å²) < 4.78 is 15.9. The predicted molar refractivity (Wildman–Crippen MR) is 103 cm³/mol. The molecule has 2 heterocycles. The number of carbonyl (C=O) groups excluding carboxylic acids is 3. The van der Waals surface area contributed by atoms with Crippen LogP contribution in [0, 0.1) is 0 Å². The molecule has 0 bridgehead atoms. The van der Waals surface area contributed by atoms with Gasteiger partial charge < -0.3 is 19.5 Å². The Morgan fingerprint density at radius 1 is 1.10 bits per heavy atom. The Balaban J connectivity index is 1.59. The summed E-state index contributed by atoms with van der Waals surface area (Å²) in [6, 6.07) is 11.1.